The van der Waals surface area contributed by atoms with Crippen molar-refractivity contribution >= 4 is 23.4 Å². The number of thioether (sulfide) groups is 1. The third kappa shape index (κ3) is 4.52. The number of para-hydroxylation sites is 1. The zero-order chi connectivity index (χ0) is 19.2. The molecule has 1 atom stereocenters. The monoisotopic (exact) mass is 374 g/mol. The highest BCUT2D eigenvalue weighted by atomic mass is 32.2. The van der Waals surface area contributed by atoms with E-state index in [4.69, 9.17) is 0 Å². The fraction of sp³-hybridized carbons (Fsp3) is 0.143. The van der Waals surface area contributed by atoms with Crippen molar-refractivity contribution in [1.82, 2.24) is 9.97 Å². The first-order chi connectivity index (χ1) is 13.1. The van der Waals surface area contributed by atoms with E-state index in [1.165, 1.54) is 11.8 Å². The van der Waals surface area contributed by atoms with Gasteiger partial charge in [0.05, 0.1) is 5.69 Å². The maximum Gasteiger partial charge on any atom is 0.242 e. The largest absolute Gasteiger partial charge is 0.325 e. The smallest absolute Gasteiger partial charge is 0.242 e. The predicted octanol–water partition coefficient (Wildman–Crippen LogP) is 4.44. The number of nitriles is 1. The van der Waals surface area contributed by atoms with Crippen molar-refractivity contribution in [3.8, 4) is 6.07 Å². The van der Waals surface area contributed by atoms with Gasteiger partial charge in [-0.2, -0.15) is 5.26 Å². The maximum absolute atomic E-state index is 13.0. The van der Waals surface area contributed by atoms with Crippen LogP contribution in [0.15, 0.2) is 65.7 Å². The van der Waals surface area contributed by atoms with Gasteiger partial charge in [-0.15, -0.1) is 0 Å². The van der Waals surface area contributed by atoms with E-state index in [1.54, 1.807) is 13.8 Å². The van der Waals surface area contributed by atoms with Crippen LogP contribution in [-0.4, -0.2) is 15.9 Å². The summed E-state index contributed by atoms with van der Waals surface area (Å²) >= 11 is 1.26. The minimum Gasteiger partial charge on any atom is -0.325 e. The lowest BCUT2D eigenvalue weighted by Gasteiger charge is -2.17. The van der Waals surface area contributed by atoms with Gasteiger partial charge in [0.15, 0.2) is 0 Å². The molecule has 1 amide bonds. The van der Waals surface area contributed by atoms with Gasteiger partial charge in [-0.05, 0) is 31.5 Å². The summed E-state index contributed by atoms with van der Waals surface area (Å²) in [6.45, 7) is 3.55. The molecule has 0 bridgehead atoms. The molecule has 6 heteroatoms. The van der Waals surface area contributed by atoms with E-state index in [-0.39, 0.29) is 5.91 Å². The van der Waals surface area contributed by atoms with E-state index in [2.05, 4.69) is 21.4 Å². The first-order valence-electron chi connectivity index (χ1n) is 8.41. The second kappa shape index (κ2) is 8.47. The highest BCUT2D eigenvalue weighted by Gasteiger charge is 2.25. The Balaban J connectivity index is 1.97. The number of nitrogens with one attached hydrogen (secondary N) is 1. The third-order valence-electron chi connectivity index (χ3n) is 3.89. The van der Waals surface area contributed by atoms with Gasteiger partial charge in [-0.3, -0.25) is 4.79 Å². The van der Waals surface area contributed by atoms with Crippen LogP contribution in [0, 0.1) is 25.2 Å². The zero-order valence-electron chi connectivity index (χ0n) is 15.0. The molecule has 1 N–H and O–H groups in total. The number of nitrogens with zero attached hydrogens (tertiary/aromatic N) is 3. The Morgan fingerprint density at radius 3 is 2.30 bits per heavy atom. The molecule has 0 saturated heterocycles. The second-order valence-corrected chi connectivity index (χ2v) is 7.01. The van der Waals surface area contributed by atoms with Crippen LogP contribution < -0.4 is 5.32 Å². The van der Waals surface area contributed by atoms with Gasteiger partial charge in [0, 0.05) is 5.69 Å². The number of aryl methyl sites for hydroxylation is 2. The lowest BCUT2D eigenvalue weighted by Crippen LogP contribution is -2.19. The molecule has 0 aliphatic carbocycles. The second-order valence-electron chi connectivity index (χ2n) is 5.91. The van der Waals surface area contributed by atoms with Gasteiger partial charge in [0.1, 0.15) is 27.7 Å². The highest BCUT2D eigenvalue weighted by molar-refractivity contribution is 8.00. The number of aromatic nitrogens is 2. The molecule has 27 heavy (non-hydrogen) atoms. The summed E-state index contributed by atoms with van der Waals surface area (Å²) < 4.78 is 0. The molecular weight excluding hydrogens is 356 g/mol. The standard InChI is InChI=1S/C21H18N4OS/c1-14-18(13-22)21(24-15(2)23-14)27-19(16-9-5-3-6-10-16)20(26)25-17-11-7-4-8-12-17/h3-12,19H,1-2H3,(H,25,26). The average Bonchev–Trinajstić information content (AvgIpc) is 2.67. The number of carbonyl (C=O) groups excluding carboxylic acids is 1. The molecule has 1 aromatic heterocycles. The van der Waals surface area contributed by atoms with Crippen LogP contribution in [0.1, 0.15) is 27.9 Å². The van der Waals surface area contributed by atoms with Gasteiger partial charge >= 0.3 is 0 Å². The molecule has 0 saturated carbocycles. The van der Waals surface area contributed by atoms with E-state index in [9.17, 15) is 10.1 Å². The number of hydrogen-bond acceptors (Lipinski definition) is 5. The molecule has 3 aromatic rings. The number of rotatable bonds is 5. The Kier molecular flexibility index (Phi) is 5.84. The van der Waals surface area contributed by atoms with Crippen LogP contribution >= 0.6 is 11.8 Å². The summed E-state index contributed by atoms with van der Waals surface area (Å²) in [5.74, 6) is 0.402. The Hall–Kier alpha value is -3.17. The SMILES string of the molecule is Cc1nc(C)c(C#N)c(SC(C(=O)Nc2ccccc2)c2ccccc2)n1. The minimum absolute atomic E-state index is 0.171. The van der Waals surface area contributed by atoms with Crippen molar-refractivity contribution in [1.29, 1.82) is 5.26 Å². The molecule has 0 aliphatic rings. The van der Waals surface area contributed by atoms with Crippen molar-refractivity contribution in [3.63, 3.8) is 0 Å². The number of benzene rings is 2. The molecule has 2 aromatic carbocycles. The number of carbonyl (C=O) groups is 1. The Morgan fingerprint density at radius 2 is 1.67 bits per heavy atom. The summed E-state index contributed by atoms with van der Waals surface area (Å²) in [7, 11) is 0. The first kappa shape index (κ1) is 18.6. The Bertz CT molecular complexity index is 984. The van der Waals surface area contributed by atoms with E-state index in [1.807, 2.05) is 60.7 Å². The molecule has 5 nitrogen and oxygen atoms in total. The fourth-order valence-electron chi connectivity index (χ4n) is 2.64. The van der Waals surface area contributed by atoms with Gasteiger partial charge in [0.25, 0.3) is 0 Å². The van der Waals surface area contributed by atoms with E-state index >= 15 is 0 Å². The quantitative estimate of drug-likeness (QED) is 0.528. The molecule has 0 fully saturated rings. The van der Waals surface area contributed by atoms with Gasteiger partial charge in [-0.25, -0.2) is 9.97 Å². The summed E-state index contributed by atoms with van der Waals surface area (Å²) in [6, 6.07) is 20.9. The van der Waals surface area contributed by atoms with Crippen LogP contribution in [-0.2, 0) is 4.79 Å². The van der Waals surface area contributed by atoms with Crippen molar-refractivity contribution in [3.05, 3.63) is 83.3 Å². The lowest BCUT2D eigenvalue weighted by atomic mass is 10.1. The molecule has 1 heterocycles. The van der Waals surface area contributed by atoms with E-state index in [0.29, 0.717) is 22.1 Å². The Labute approximate surface area is 162 Å². The molecule has 0 spiro atoms. The summed E-state index contributed by atoms with van der Waals surface area (Å²) in [6.07, 6.45) is 0. The number of anilines is 1. The molecule has 1 unspecified atom stereocenters. The van der Waals surface area contributed by atoms with Gasteiger partial charge in [0.2, 0.25) is 5.91 Å². The predicted molar refractivity (Wildman–Crippen MR) is 106 cm³/mol. The van der Waals surface area contributed by atoms with Crippen molar-refractivity contribution in [2.24, 2.45) is 0 Å². The minimum atomic E-state index is -0.549. The number of amides is 1. The maximum atomic E-state index is 13.0. The van der Waals surface area contributed by atoms with E-state index in [0.717, 1.165) is 11.3 Å². The molecule has 3 rings (SSSR count). The van der Waals surface area contributed by atoms with Crippen LogP contribution in [0.4, 0.5) is 5.69 Å². The summed E-state index contributed by atoms with van der Waals surface area (Å²) in [5.41, 5.74) is 2.58. The summed E-state index contributed by atoms with van der Waals surface area (Å²) in [5, 5.41) is 12.4. The first-order valence-corrected chi connectivity index (χ1v) is 9.29. The lowest BCUT2D eigenvalue weighted by molar-refractivity contribution is -0.115. The van der Waals surface area contributed by atoms with Gasteiger partial charge in [-0.1, -0.05) is 60.3 Å². The average molecular weight is 374 g/mol. The summed E-state index contributed by atoms with van der Waals surface area (Å²) in [4.78, 5) is 21.7. The van der Waals surface area contributed by atoms with Crippen LogP contribution in [0.25, 0.3) is 0 Å². The molecular formula is C21H18N4OS. The molecule has 0 radical (unpaired) electrons. The zero-order valence-corrected chi connectivity index (χ0v) is 15.8. The van der Waals surface area contributed by atoms with E-state index < -0.39 is 5.25 Å². The fourth-order valence-corrected chi connectivity index (χ4v) is 3.82. The van der Waals surface area contributed by atoms with Crippen LogP contribution in [0.3, 0.4) is 0 Å². The normalized spacial score (nSPS) is 11.4. The van der Waals surface area contributed by atoms with Crippen LogP contribution in [0.5, 0.6) is 0 Å². The molecule has 134 valence electrons. The Morgan fingerprint density at radius 1 is 1.04 bits per heavy atom. The number of hydrogen-bond donors (Lipinski definition) is 1. The van der Waals surface area contributed by atoms with Crippen molar-refractivity contribution in [2.45, 2.75) is 24.1 Å². The highest BCUT2D eigenvalue weighted by Crippen LogP contribution is 2.37. The molecule has 0 aliphatic heterocycles. The third-order valence-corrected chi connectivity index (χ3v) is 5.13. The van der Waals surface area contributed by atoms with Crippen molar-refractivity contribution < 1.29 is 4.79 Å². The topological polar surface area (TPSA) is 78.7 Å². The van der Waals surface area contributed by atoms with Gasteiger partial charge < -0.3 is 5.32 Å². The van der Waals surface area contributed by atoms with Crippen molar-refractivity contribution in [2.75, 3.05) is 5.32 Å². The van der Waals surface area contributed by atoms with Crippen LogP contribution in [0.2, 0.25) is 0 Å².